The Hall–Kier alpha value is -1.22. The third-order valence-corrected chi connectivity index (χ3v) is 2.11. The first-order valence-corrected chi connectivity index (χ1v) is 4.97. The summed E-state index contributed by atoms with van der Waals surface area (Å²) >= 11 is 5.82. The van der Waals surface area contributed by atoms with E-state index >= 15 is 0 Å². The van der Waals surface area contributed by atoms with Crippen LogP contribution in [0.3, 0.4) is 0 Å². The largest absolute Gasteiger partial charge is 0.424 e. The van der Waals surface area contributed by atoms with Gasteiger partial charge in [0, 0.05) is 17.6 Å². The van der Waals surface area contributed by atoms with Crippen LogP contribution in [0.1, 0.15) is 13.3 Å². The van der Waals surface area contributed by atoms with Crippen LogP contribution >= 0.6 is 11.6 Å². The molecule has 0 saturated heterocycles. The summed E-state index contributed by atoms with van der Waals surface area (Å²) in [7, 11) is 0. The molecule has 0 aliphatic rings. The van der Waals surface area contributed by atoms with E-state index in [1.54, 1.807) is 12.1 Å². The van der Waals surface area contributed by atoms with Gasteiger partial charge >= 0.3 is 0 Å². The van der Waals surface area contributed by atoms with Crippen LogP contribution in [-0.4, -0.2) is 11.5 Å². The molecule has 0 fully saturated rings. The van der Waals surface area contributed by atoms with Gasteiger partial charge in [-0.15, -0.1) is 0 Å². The van der Waals surface area contributed by atoms with Gasteiger partial charge in [-0.05, 0) is 18.6 Å². The van der Waals surface area contributed by atoms with E-state index in [9.17, 15) is 0 Å². The molecule has 4 heteroatoms. The lowest BCUT2D eigenvalue weighted by Gasteiger charge is -1.94. The second-order valence-corrected chi connectivity index (χ2v) is 3.49. The smallest absolute Gasteiger partial charge is 0.295 e. The lowest BCUT2D eigenvalue weighted by atomic mass is 10.3. The average Bonchev–Trinajstić information content (AvgIpc) is 2.56. The summed E-state index contributed by atoms with van der Waals surface area (Å²) in [5.74, 6) is 0. The molecule has 2 aromatic rings. The molecule has 1 aromatic carbocycles. The number of hydrogen-bond donors (Lipinski definition) is 1. The van der Waals surface area contributed by atoms with Crippen molar-refractivity contribution in [2.45, 2.75) is 13.3 Å². The molecule has 1 N–H and O–H groups in total. The highest BCUT2D eigenvalue weighted by Gasteiger charge is 2.04. The first-order chi connectivity index (χ1) is 6.79. The van der Waals surface area contributed by atoms with Gasteiger partial charge in [-0.3, -0.25) is 0 Å². The van der Waals surface area contributed by atoms with Gasteiger partial charge in [-0.25, -0.2) is 0 Å². The van der Waals surface area contributed by atoms with Crippen molar-refractivity contribution in [3.63, 3.8) is 0 Å². The van der Waals surface area contributed by atoms with E-state index in [1.165, 1.54) is 0 Å². The third kappa shape index (κ3) is 1.82. The molecule has 0 saturated carbocycles. The van der Waals surface area contributed by atoms with Crippen molar-refractivity contribution in [2.24, 2.45) is 0 Å². The summed E-state index contributed by atoms with van der Waals surface area (Å²) in [6.07, 6.45) is 1.04. The first-order valence-electron chi connectivity index (χ1n) is 4.59. The Morgan fingerprint density at radius 2 is 2.36 bits per heavy atom. The van der Waals surface area contributed by atoms with Crippen molar-refractivity contribution >= 4 is 28.7 Å². The third-order valence-electron chi connectivity index (χ3n) is 1.88. The number of fused-ring (bicyclic) bond motifs is 1. The van der Waals surface area contributed by atoms with Crippen molar-refractivity contribution in [3.8, 4) is 0 Å². The first kappa shape index (κ1) is 9.34. The summed E-state index contributed by atoms with van der Waals surface area (Å²) in [4.78, 5) is 4.25. The maximum Gasteiger partial charge on any atom is 0.295 e. The number of nitrogens with one attached hydrogen (secondary N) is 1. The van der Waals surface area contributed by atoms with Crippen molar-refractivity contribution in [1.82, 2.24) is 4.98 Å². The van der Waals surface area contributed by atoms with Crippen molar-refractivity contribution in [2.75, 3.05) is 11.9 Å². The molecule has 2 rings (SSSR count). The van der Waals surface area contributed by atoms with Gasteiger partial charge in [0.05, 0.1) is 0 Å². The van der Waals surface area contributed by atoms with Crippen molar-refractivity contribution in [1.29, 1.82) is 0 Å². The number of aromatic nitrogens is 1. The zero-order chi connectivity index (χ0) is 9.97. The van der Waals surface area contributed by atoms with Crippen LogP contribution in [-0.2, 0) is 0 Å². The Morgan fingerprint density at radius 1 is 1.50 bits per heavy atom. The lowest BCUT2D eigenvalue weighted by Crippen LogP contribution is -1.98. The maximum absolute atomic E-state index is 5.82. The van der Waals surface area contributed by atoms with Crippen LogP contribution in [0.5, 0.6) is 0 Å². The van der Waals surface area contributed by atoms with Crippen molar-refractivity contribution in [3.05, 3.63) is 23.2 Å². The van der Waals surface area contributed by atoms with E-state index in [2.05, 4.69) is 17.2 Å². The Morgan fingerprint density at radius 3 is 3.14 bits per heavy atom. The lowest BCUT2D eigenvalue weighted by molar-refractivity contribution is 0.614. The number of oxazole rings is 1. The second kappa shape index (κ2) is 3.88. The number of hydrogen-bond acceptors (Lipinski definition) is 3. The molecular formula is C10H11ClN2O. The highest BCUT2D eigenvalue weighted by molar-refractivity contribution is 6.31. The highest BCUT2D eigenvalue weighted by Crippen LogP contribution is 2.22. The van der Waals surface area contributed by atoms with E-state index in [0.717, 1.165) is 24.1 Å². The van der Waals surface area contributed by atoms with Crippen LogP contribution in [0.4, 0.5) is 6.01 Å². The maximum atomic E-state index is 5.82. The molecule has 0 amide bonds. The molecule has 14 heavy (non-hydrogen) atoms. The molecule has 0 radical (unpaired) electrons. The van der Waals surface area contributed by atoms with Gasteiger partial charge in [0.25, 0.3) is 6.01 Å². The molecule has 0 aliphatic carbocycles. The van der Waals surface area contributed by atoms with E-state index in [-0.39, 0.29) is 0 Å². The van der Waals surface area contributed by atoms with Crippen LogP contribution in [0, 0.1) is 0 Å². The number of nitrogens with zero attached hydrogens (tertiary/aromatic N) is 1. The fourth-order valence-electron chi connectivity index (χ4n) is 1.21. The molecule has 1 heterocycles. The van der Waals surface area contributed by atoms with E-state index in [4.69, 9.17) is 16.0 Å². The normalized spacial score (nSPS) is 10.7. The summed E-state index contributed by atoms with van der Waals surface area (Å²) in [6, 6.07) is 5.97. The molecule has 0 atom stereocenters. The second-order valence-electron chi connectivity index (χ2n) is 3.06. The minimum atomic E-state index is 0.559. The SMILES string of the molecule is CCCNc1nc2ccc(Cl)cc2o1. The highest BCUT2D eigenvalue weighted by atomic mass is 35.5. The van der Waals surface area contributed by atoms with Gasteiger partial charge in [0.15, 0.2) is 5.58 Å². The predicted octanol–water partition coefficient (Wildman–Crippen LogP) is 3.30. The van der Waals surface area contributed by atoms with Gasteiger partial charge < -0.3 is 9.73 Å². The molecule has 0 unspecified atom stereocenters. The molecule has 3 nitrogen and oxygen atoms in total. The van der Waals surface area contributed by atoms with Crippen LogP contribution in [0.25, 0.3) is 11.1 Å². The number of anilines is 1. The Bertz CT molecular complexity index is 439. The number of halogens is 1. The monoisotopic (exact) mass is 210 g/mol. The standard InChI is InChI=1S/C10H11ClN2O/c1-2-5-12-10-13-8-4-3-7(11)6-9(8)14-10/h3-4,6H,2,5H2,1H3,(H,12,13). The summed E-state index contributed by atoms with van der Waals surface area (Å²) in [5, 5.41) is 3.75. The van der Waals surface area contributed by atoms with Crippen molar-refractivity contribution < 1.29 is 4.42 Å². The summed E-state index contributed by atoms with van der Waals surface area (Å²) in [6.45, 7) is 2.95. The van der Waals surface area contributed by atoms with Crippen LogP contribution in [0.15, 0.2) is 22.6 Å². The van der Waals surface area contributed by atoms with Gasteiger partial charge in [0.1, 0.15) is 5.52 Å². The Balaban J connectivity index is 2.32. The minimum absolute atomic E-state index is 0.559. The molecule has 74 valence electrons. The van der Waals surface area contributed by atoms with Gasteiger partial charge in [-0.1, -0.05) is 18.5 Å². The quantitative estimate of drug-likeness (QED) is 0.845. The van der Waals surface area contributed by atoms with E-state index in [1.807, 2.05) is 6.07 Å². The average molecular weight is 211 g/mol. The zero-order valence-electron chi connectivity index (χ0n) is 7.88. The molecule has 0 spiro atoms. The van der Waals surface area contributed by atoms with E-state index < -0.39 is 0 Å². The summed E-state index contributed by atoms with van der Waals surface area (Å²) in [5.41, 5.74) is 1.55. The zero-order valence-corrected chi connectivity index (χ0v) is 8.64. The number of rotatable bonds is 3. The predicted molar refractivity (Wildman–Crippen MR) is 57.8 cm³/mol. The molecule has 1 aromatic heterocycles. The van der Waals surface area contributed by atoms with Crippen LogP contribution in [0.2, 0.25) is 5.02 Å². The molecule has 0 bridgehead atoms. The topological polar surface area (TPSA) is 38.1 Å². The molecule has 0 aliphatic heterocycles. The molecular weight excluding hydrogens is 200 g/mol. The summed E-state index contributed by atoms with van der Waals surface area (Å²) < 4.78 is 5.44. The Labute approximate surface area is 87.1 Å². The Kier molecular flexibility index (Phi) is 2.59. The van der Waals surface area contributed by atoms with Crippen LogP contribution < -0.4 is 5.32 Å². The number of benzene rings is 1. The fraction of sp³-hybridized carbons (Fsp3) is 0.300. The van der Waals surface area contributed by atoms with Gasteiger partial charge in [0.2, 0.25) is 0 Å². The fourth-order valence-corrected chi connectivity index (χ4v) is 1.37. The van der Waals surface area contributed by atoms with E-state index in [0.29, 0.717) is 11.0 Å². The van der Waals surface area contributed by atoms with Gasteiger partial charge in [-0.2, -0.15) is 4.98 Å². The minimum Gasteiger partial charge on any atom is -0.424 e.